The van der Waals surface area contributed by atoms with Gasteiger partial charge >= 0.3 is 0 Å². The minimum absolute atomic E-state index is 0.0888. The second-order valence-electron chi connectivity index (χ2n) is 17.9. The molecule has 4 heteroatoms. The van der Waals surface area contributed by atoms with Crippen LogP contribution in [-0.2, 0) is 4.79 Å². The van der Waals surface area contributed by atoms with E-state index in [1.165, 1.54) is 96.3 Å². The van der Waals surface area contributed by atoms with Crippen LogP contribution in [0.2, 0.25) is 0 Å². The van der Waals surface area contributed by atoms with Gasteiger partial charge in [-0.3, -0.25) is 4.79 Å². The van der Waals surface area contributed by atoms with E-state index in [9.17, 15) is 15.0 Å². The van der Waals surface area contributed by atoms with E-state index in [0.29, 0.717) is 6.42 Å². The Bertz CT molecular complexity index is 1420. The van der Waals surface area contributed by atoms with Gasteiger partial charge in [-0.05, 0) is 109 Å². The van der Waals surface area contributed by atoms with E-state index >= 15 is 0 Å². The topological polar surface area (TPSA) is 69.6 Å². The lowest BCUT2D eigenvalue weighted by atomic mass is 10.1. The van der Waals surface area contributed by atoms with E-state index in [1.54, 1.807) is 6.08 Å². The fraction of sp³-hybridized carbons (Fsp3) is 0.603. The summed E-state index contributed by atoms with van der Waals surface area (Å²) in [5.74, 6) is -0.0888. The van der Waals surface area contributed by atoms with Gasteiger partial charge in [-0.1, -0.05) is 256 Å². The van der Waals surface area contributed by atoms with Crippen molar-refractivity contribution in [3.05, 3.63) is 146 Å². The number of aliphatic hydroxyl groups excluding tert-OH is 2. The van der Waals surface area contributed by atoms with Gasteiger partial charge in [0.2, 0.25) is 5.91 Å². The Morgan fingerprint density at radius 3 is 1.04 bits per heavy atom. The van der Waals surface area contributed by atoms with Crippen LogP contribution in [0, 0.1) is 0 Å². The molecule has 0 aromatic carbocycles. The number of carbonyl (C=O) groups is 1. The smallest absolute Gasteiger partial charge is 0.220 e. The van der Waals surface area contributed by atoms with Crippen molar-refractivity contribution in [2.24, 2.45) is 0 Å². The van der Waals surface area contributed by atoms with Gasteiger partial charge in [0.1, 0.15) is 0 Å². The van der Waals surface area contributed by atoms with Crippen molar-refractivity contribution in [1.29, 1.82) is 0 Å². The van der Waals surface area contributed by atoms with Crippen LogP contribution in [0.5, 0.6) is 0 Å². The molecule has 0 fully saturated rings. The lowest BCUT2D eigenvalue weighted by Crippen LogP contribution is -2.45. The van der Waals surface area contributed by atoms with Crippen molar-refractivity contribution in [3.8, 4) is 0 Å². The van der Waals surface area contributed by atoms with Gasteiger partial charge in [0, 0.05) is 6.42 Å². The van der Waals surface area contributed by atoms with E-state index in [2.05, 4.69) is 153 Å². The highest BCUT2D eigenvalue weighted by Crippen LogP contribution is 2.13. The van der Waals surface area contributed by atoms with Gasteiger partial charge in [0.15, 0.2) is 0 Å². The van der Waals surface area contributed by atoms with Crippen LogP contribution >= 0.6 is 0 Å². The first-order valence-electron chi connectivity index (χ1n) is 27.5. The summed E-state index contributed by atoms with van der Waals surface area (Å²) in [6.45, 7) is 4.17. The molecule has 0 aliphatic carbocycles. The first-order valence-corrected chi connectivity index (χ1v) is 27.5. The lowest BCUT2D eigenvalue weighted by Gasteiger charge is -2.19. The minimum Gasteiger partial charge on any atom is -0.394 e. The maximum Gasteiger partial charge on any atom is 0.220 e. The Morgan fingerprint density at radius 2 is 0.672 bits per heavy atom. The molecule has 378 valence electrons. The van der Waals surface area contributed by atoms with Gasteiger partial charge < -0.3 is 15.5 Å². The Kier molecular flexibility index (Phi) is 53.4. The first-order chi connectivity index (χ1) is 33.2. The van der Waals surface area contributed by atoms with Crippen molar-refractivity contribution in [1.82, 2.24) is 5.32 Å². The average Bonchev–Trinajstić information content (AvgIpc) is 3.33. The van der Waals surface area contributed by atoms with Crippen LogP contribution in [-0.4, -0.2) is 34.9 Å². The van der Waals surface area contributed by atoms with Crippen molar-refractivity contribution in [2.75, 3.05) is 6.61 Å². The van der Waals surface area contributed by atoms with E-state index < -0.39 is 12.1 Å². The Labute approximate surface area is 414 Å². The van der Waals surface area contributed by atoms with Gasteiger partial charge in [-0.25, -0.2) is 0 Å². The van der Waals surface area contributed by atoms with Crippen molar-refractivity contribution in [2.45, 2.75) is 238 Å². The summed E-state index contributed by atoms with van der Waals surface area (Å²) in [6.07, 6.45) is 89.9. The monoisotopic (exact) mass is 922 g/mol. The second kappa shape index (κ2) is 56.6. The van der Waals surface area contributed by atoms with Crippen molar-refractivity contribution < 1.29 is 15.0 Å². The summed E-state index contributed by atoms with van der Waals surface area (Å²) in [6, 6.07) is -0.654. The molecule has 0 aliphatic rings. The van der Waals surface area contributed by atoms with Crippen molar-refractivity contribution in [3.63, 3.8) is 0 Å². The normalized spacial score (nSPS) is 14.0. The van der Waals surface area contributed by atoms with E-state index in [0.717, 1.165) is 109 Å². The number of amides is 1. The molecule has 0 bridgehead atoms. The lowest BCUT2D eigenvalue weighted by molar-refractivity contribution is -0.123. The zero-order chi connectivity index (χ0) is 48.5. The predicted molar refractivity (Wildman–Crippen MR) is 298 cm³/mol. The summed E-state index contributed by atoms with van der Waals surface area (Å²) in [4.78, 5) is 12.4. The summed E-state index contributed by atoms with van der Waals surface area (Å²) in [7, 11) is 0. The highest BCUT2D eigenvalue weighted by Gasteiger charge is 2.17. The summed E-state index contributed by atoms with van der Waals surface area (Å²) < 4.78 is 0. The number of hydrogen-bond acceptors (Lipinski definition) is 3. The zero-order valence-corrected chi connectivity index (χ0v) is 43.4. The molecule has 0 saturated heterocycles. The third kappa shape index (κ3) is 53.1. The van der Waals surface area contributed by atoms with Crippen LogP contribution in [0.1, 0.15) is 226 Å². The molecule has 0 aromatic heterocycles. The van der Waals surface area contributed by atoms with E-state index in [-0.39, 0.29) is 12.5 Å². The summed E-state index contributed by atoms with van der Waals surface area (Å²) in [5.41, 5.74) is 0. The molecule has 0 aliphatic heterocycles. The standard InChI is InChI=1S/C63H103NO3/c1-3-5-7-9-11-13-15-17-19-21-22-23-24-25-26-27-28-29-30-31-32-33-34-35-36-37-38-39-40-41-42-43-45-47-49-51-53-55-57-59-63(67)64-61(60-65)62(66)58-56-54-52-50-48-46-44-20-18-16-14-12-10-8-6-4-2/h5,7,11,13,17,19,22-23,25-26,28-29,31-32,34-35,37-38,40-41,48,50,56,58,61-62,65-66H,3-4,6,8-10,12,14-16,18,20-21,24,27,30,33,36,39,42-47,49,51-55,57,59-60H2,1-2H3,(H,64,67)/b7-5-,13-11-,19-17-,23-22-,26-25-,29-28-,32-31-,35-34-,38-37-,41-40-,50-48+,58-56+. The molecule has 2 atom stereocenters. The summed E-state index contributed by atoms with van der Waals surface area (Å²) >= 11 is 0. The molecule has 4 nitrogen and oxygen atoms in total. The van der Waals surface area contributed by atoms with Crippen LogP contribution in [0.25, 0.3) is 0 Å². The maximum atomic E-state index is 12.4. The molecule has 0 spiro atoms. The van der Waals surface area contributed by atoms with Gasteiger partial charge in [0.05, 0.1) is 18.8 Å². The zero-order valence-electron chi connectivity index (χ0n) is 43.4. The molecule has 2 unspecified atom stereocenters. The quantitative estimate of drug-likeness (QED) is 0.0421. The number of allylic oxidation sites excluding steroid dienone is 23. The Balaban J connectivity index is 3.67. The molecule has 0 radical (unpaired) electrons. The fourth-order valence-electron chi connectivity index (χ4n) is 7.40. The third-order valence-corrected chi connectivity index (χ3v) is 11.6. The molecule has 67 heavy (non-hydrogen) atoms. The number of carbonyl (C=O) groups excluding carboxylic acids is 1. The van der Waals surface area contributed by atoms with Gasteiger partial charge in [-0.15, -0.1) is 0 Å². The predicted octanol–water partition coefficient (Wildman–Crippen LogP) is 18.4. The SMILES string of the molecule is CC/C=C\C/C=C\C/C=C\C/C=C\C/C=C\C/C=C\C/C=C\C/C=C\C/C=C\C/C=C\CCCCCCCCCCC(=O)NC(CO)C(O)/C=C/CC/C=C/CCCCCCCCCCCC. The van der Waals surface area contributed by atoms with Crippen LogP contribution in [0.3, 0.4) is 0 Å². The average molecular weight is 923 g/mol. The molecular weight excluding hydrogens is 819 g/mol. The maximum absolute atomic E-state index is 12.4. The van der Waals surface area contributed by atoms with Crippen molar-refractivity contribution >= 4 is 5.91 Å². The highest BCUT2D eigenvalue weighted by atomic mass is 16.3. The number of nitrogens with one attached hydrogen (secondary N) is 1. The number of hydrogen-bond donors (Lipinski definition) is 3. The molecule has 0 rings (SSSR count). The molecule has 3 N–H and O–H groups in total. The second-order valence-corrected chi connectivity index (χ2v) is 17.9. The first kappa shape index (κ1) is 63.3. The molecule has 0 saturated carbocycles. The molecule has 1 amide bonds. The number of rotatable bonds is 48. The number of aliphatic hydroxyl groups is 2. The van der Waals surface area contributed by atoms with E-state index in [4.69, 9.17) is 0 Å². The van der Waals surface area contributed by atoms with Crippen LogP contribution < -0.4 is 5.32 Å². The van der Waals surface area contributed by atoms with Crippen LogP contribution in [0.15, 0.2) is 146 Å². The highest BCUT2D eigenvalue weighted by molar-refractivity contribution is 5.76. The minimum atomic E-state index is -0.875. The van der Waals surface area contributed by atoms with Crippen LogP contribution in [0.4, 0.5) is 0 Å². The van der Waals surface area contributed by atoms with Gasteiger partial charge in [-0.2, -0.15) is 0 Å². The third-order valence-electron chi connectivity index (χ3n) is 11.6. The largest absolute Gasteiger partial charge is 0.394 e. The summed E-state index contributed by atoms with van der Waals surface area (Å²) in [5, 5.41) is 23.1. The van der Waals surface area contributed by atoms with Gasteiger partial charge in [0.25, 0.3) is 0 Å². The Hall–Kier alpha value is -3.73. The Morgan fingerprint density at radius 1 is 0.373 bits per heavy atom. The molecule has 0 heterocycles. The molecule has 0 aromatic rings. The molecular formula is C63H103NO3. The van der Waals surface area contributed by atoms with E-state index in [1.807, 2.05) is 6.08 Å². The number of unbranched alkanes of at least 4 members (excludes halogenated alkanes) is 19. The fourth-order valence-corrected chi connectivity index (χ4v) is 7.40.